The van der Waals surface area contributed by atoms with Crippen molar-refractivity contribution in [1.29, 1.82) is 0 Å². The smallest absolute Gasteiger partial charge is 0.236 e. The number of amides is 1. The van der Waals surface area contributed by atoms with E-state index in [0.29, 0.717) is 18.7 Å². The van der Waals surface area contributed by atoms with Gasteiger partial charge in [-0.3, -0.25) is 9.69 Å². The molecule has 0 heterocycles. The van der Waals surface area contributed by atoms with Crippen LogP contribution in [0.4, 0.5) is 4.39 Å². The van der Waals surface area contributed by atoms with Crippen molar-refractivity contribution >= 4 is 5.91 Å². The largest absolute Gasteiger partial charge is 0.340 e. The number of carbonyl (C=O) groups excluding carboxylic acids is 1. The van der Waals surface area contributed by atoms with Gasteiger partial charge in [0.05, 0.1) is 6.54 Å². The van der Waals surface area contributed by atoms with E-state index in [1.54, 1.807) is 30.1 Å². The Morgan fingerprint density at radius 2 is 1.83 bits per heavy atom. The zero-order valence-corrected chi connectivity index (χ0v) is 11.3. The number of carbonyl (C=O) groups is 1. The molecule has 0 saturated carbocycles. The summed E-state index contributed by atoms with van der Waals surface area (Å²) in [5.41, 5.74) is 0.549. The molecule has 1 rings (SSSR count). The van der Waals surface area contributed by atoms with Gasteiger partial charge in [-0.05, 0) is 19.2 Å². The Morgan fingerprint density at radius 1 is 1.22 bits per heavy atom. The Bertz CT molecular complexity index is 391. The second kappa shape index (κ2) is 7.11. The summed E-state index contributed by atoms with van der Waals surface area (Å²) in [6.45, 7) is 6.43. The first-order chi connectivity index (χ1) is 8.58. The molecule has 0 N–H and O–H groups in total. The SMILES string of the molecule is CCN(CC)CC(=O)N(C)Cc1ccccc1F. The average molecular weight is 252 g/mol. The number of halogens is 1. The molecule has 1 aromatic carbocycles. The predicted molar refractivity (Wildman–Crippen MR) is 70.7 cm³/mol. The lowest BCUT2D eigenvalue weighted by molar-refractivity contribution is -0.131. The van der Waals surface area contributed by atoms with E-state index in [0.717, 1.165) is 13.1 Å². The minimum absolute atomic E-state index is 0.0157. The number of nitrogens with zero attached hydrogens (tertiary/aromatic N) is 2. The third-order valence-electron chi connectivity index (χ3n) is 3.04. The molecule has 18 heavy (non-hydrogen) atoms. The monoisotopic (exact) mass is 252 g/mol. The van der Waals surface area contributed by atoms with E-state index >= 15 is 0 Å². The molecule has 3 nitrogen and oxygen atoms in total. The predicted octanol–water partition coefficient (Wildman–Crippen LogP) is 2.13. The molecule has 1 amide bonds. The van der Waals surface area contributed by atoms with Crippen LogP contribution in [0.1, 0.15) is 19.4 Å². The number of rotatable bonds is 6. The second-order valence-corrected chi connectivity index (χ2v) is 4.30. The first-order valence-corrected chi connectivity index (χ1v) is 6.28. The molecule has 0 spiro atoms. The molecule has 1 aromatic rings. The van der Waals surface area contributed by atoms with Gasteiger partial charge in [-0.1, -0.05) is 32.0 Å². The van der Waals surface area contributed by atoms with Crippen LogP contribution in [0.2, 0.25) is 0 Å². The van der Waals surface area contributed by atoms with Crippen molar-refractivity contribution in [3.63, 3.8) is 0 Å². The van der Waals surface area contributed by atoms with Crippen LogP contribution in [0.3, 0.4) is 0 Å². The summed E-state index contributed by atoms with van der Waals surface area (Å²) in [4.78, 5) is 15.6. The topological polar surface area (TPSA) is 23.6 Å². The Morgan fingerprint density at radius 3 is 2.39 bits per heavy atom. The van der Waals surface area contributed by atoms with Crippen molar-refractivity contribution in [2.45, 2.75) is 20.4 Å². The highest BCUT2D eigenvalue weighted by Crippen LogP contribution is 2.09. The Kier molecular flexibility index (Phi) is 5.78. The van der Waals surface area contributed by atoms with Crippen molar-refractivity contribution in [2.24, 2.45) is 0 Å². The van der Waals surface area contributed by atoms with Crippen LogP contribution in [0, 0.1) is 5.82 Å². The minimum atomic E-state index is -0.264. The van der Waals surface area contributed by atoms with Crippen LogP contribution in [-0.2, 0) is 11.3 Å². The van der Waals surface area contributed by atoms with Crippen molar-refractivity contribution in [3.05, 3.63) is 35.6 Å². The van der Waals surface area contributed by atoms with Gasteiger partial charge >= 0.3 is 0 Å². The van der Waals surface area contributed by atoms with E-state index in [1.165, 1.54) is 6.07 Å². The third kappa shape index (κ3) is 4.11. The zero-order valence-electron chi connectivity index (χ0n) is 11.3. The third-order valence-corrected chi connectivity index (χ3v) is 3.04. The molecule has 4 heteroatoms. The lowest BCUT2D eigenvalue weighted by Gasteiger charge is -2.23. The Hall–Kier alpha value is -1.42. The van der Waals surface area contributed by atoms with Crippen molar-refractivity contribution in [1.82, 2.24) is 9.80 Å². The molecule has 0 radical (unpaired) electrons. The molecule has 0 unspecified atom stereocenters. The second-order valence-electron chi connectivity index (χ2n) is 4.30. The van der Waals surface area contributed by atoms with Gasteiger partial charge in [0.25, 0.3) is 0 Å². The van der Waals surface area contributed by atoms with E-state index in [2.05, 4.69) is 0 Å². The summed E-state index contributed by atoms with van der Waals surface area (Å²) in [5.74, 6) is -0.248. The summed E-state index contributed by atoms with van der Waals surface area (Å²) in [6, 6.07) is 6.55. The number of hydrogen-bond acceptors (Lipinski definition) is 2. The molecular weight excluding hydrogens is 231 g/mol. The number of likely N-dealkylation sites (N-methyl/N-ethyl adjacent to an activating group) is 2. The van der Waals surface area contributed by atoms with Gasteiger partial charge in [-0.25, -0.2) is 4.39 Å². The van der Waals surface area contributed by atoms with Gasteiger partial charge in [0.2, 0.25) is 5.91 Å². The highest BCUT2D eigenvalue weighted by molar-refractivity contribution is 5.78. The summed E-state index contributed by atoms with van der Waals surface area (Å²) < 4.78 is 13.5. The van der Waals surface area contributed by atoms with Gasteiger partial charge in [-0.15, -0.1) is 0 Å². The molecule has 0 aliphatic carbocycles. The van der Waals surface area contributed by atoms with Gasteiger partial charge in [-0.2, -0.15) is 0 Å². The molecule has 100 valence electrons. The quantitative estimate of drug-likeness (QED) is 0.774. The van der Waals surface area contributed by atoms with Crippen LogP contribution in [-0.4, -0.2) is 42.4 Å². The first kappa shape index (κ1) is 14.6. The van der Waals surface area contributed by atoms with Crippen LogP contribution < -0.4 is 0 Å². The van der Waals surface area contributed by atoms with Crippen LogP contribution in [0.5, 0.6) is 0 Å². The van der Waals surface area contributed by atoms with Crippen molar-refractivity contribution in [2.75, 3.05) is 26.7 Å². The maximum atomic E-state index is 13.5. The van der Waals surface area contributed by atoms with E-state index in [-0.39, 0.29) is 11.7 Å². The fourth-order valence-corrected chi connectivity index (χ4v) is 1.73. The first-order valence-electron chi connectivity index (χ1n) is 6.28. The molecule has 0 atom stereocenters. The molecular formula is C14H21FN2O. The Labute approximate surface area is 108 Å². The summed E-state index contributed by atoms with van der Waals surface area (Å²) >= 11 is 0. The van der Waals surface area contributed by atoms with E-state index < -0.39 is 0 Å². The normalized spacial score (nSPS) is 10.7. The van der Waals surface area contributed by atoms with Gasteiger partial charge in [0, 0.05) is 19.2 Å². The zero-order chi connectivity index (χ0) is 13.5. The van der Waals surface area contributed by atoms with E-state index in [1.807, 2.05) is 18.7 Å². The minimum Gasteiger partial charge on any atom is -0.340 e. The molecule has 0 aliphatic rings. The van der Waals surface area contributed by atoms with Crippen LogP contribution >= 0.6 is 0 Å². The lowest BCUT2D eigenvalue weighted by atomic mass is 10.2. The number of hydrogen-bond donors (Lipinski definition) is 0. The molecule has 0 saturated heterocycles. The van der Waals surface area contributed by atoms with Gasteiger partial charge < -0.3 is 4.90 Å². The van der Waals surface area contributed by atoms with E-state index in [4.69, 9.17) is 0 Å². The Balaban J connectivity index is 2.57. The highest BCUT2D eigenvalue weighted by Gasteiger charge is 2.13. The van der Waals surface area contributed by atoms with Gasteiger partial charge in [0.1, 0.15) is 5.82 Å². The lowest BCUT2D eigenvalue weighted by Crippen LogP contribution is -2.38. The summed E-state index contributed by atoms with van der Waals surface area (Å²) in [6.07, 6.45) is 0. The van der Waals surface area contributed by atoms with Crippen molar-refractivity contribution in [3.8, 4) is 0 Å². The van der Waals surface area contributed by atoms with Crippen molar-refractivity contribution < 1.29 is 9.18 Å². The van der Waals surface area contributed by atoms with Crippen LogP contribution in [0.25, 0.3) is 0 Å². The fourth-order valence-electron chi connectivity index (χ4n) is 1.73. The van der Waals surface area contributed by atoms with Gasteiger partial charge in [0.15, 0.2) is 0 Å². The van der Waals surface area contributed by atoms with Crippen LogP contribution in [0.15, 0.2) is 24.3 Å². The standard InChI is InChI=1S/C14H21FN2O/c1-4-17(5-2)11-14(18)16(3)10-12-8-6-7-9-13(12)15/h6-9H,4-5,10-11H2,1-3H3. The maximum Gasteiger partial charge on any atom is 0.236 e. The maximum absolute atomic E-state index is 13.5. The number of benzene rings is 1. The average Bonchev–Trinajstić information content (AvgIpc) is 2.38. The molecule has 0 bridgehead atoms. The molecule has 0 fully saturated rings. The fraction of sp³-hybridized carbons (Fsp3) is 0.500. The summed E-state index contributed by atoms with van der Waals surface area (Å²) in [7, 11) is 1.71. The molecule has 0 aliphatic heterocycles. The molecule has 0 aromatic heterocycles. The highest BCUT2D eigenvalue weighted by atomic mass is 19.1. The van der Waals surface area contributed by atoms with E-state index in [9.17, 15) is 9.18 Å². The summed E-state index contributed by atoms with van der Waals surface area (Å²) in [5, 5.41) is 0.